The number of hydrogen-bond acceptors (Lipinski definition) is 4. The molecule has 92 valence electrons. The molecule has 0 aliphatic heterocycles. The number of rotatable bonds is 5. The summed E-state index contributed by atoms with van der Waals surface area (Å²) in [6.07, 6.45) is 0.784. The van der Waals surface area contributed by atoms with Crippen LogP contribution in [0.1, 0.15) is 23.1 Å². The highest BCUT2D eigenvalue weighted by Crippen LogP contribution is 2.27. The molecule has 0 atom stereocenters. The average Bonchev–Trinajstić information content (AvgIpc) is 2.60. The molecule has 0 radical (unpaired) electrons. The van der Waals surface area contributed by atoms with Crippen molar-refractivity contribution in [3.05, 3.63) is 15.8 Å². The predicted octanol–water partition coefficient (Wildman–Crippen LogP) is 1.58. The molecular weight excluding hydrogens is 246 g/mol. The van der Waals surface area contributed by atoms with Gasteiger partial charge in [0.15, 0.2) is 0 Å². The monoisotopic (exact) mass is 263 g/mol. The Morgan fingerprint density at radius 3 is 2.56 bits per heavy atom. The third kappa shape index (κ3) is 2.63. The summed E-state index contributed by atoms with van der Waals surface area (Å²) in [6, 6.07) is 1.56. The molecule has 1 rings (SSSR count). The molecule has 0 aromatic carbocycles. The fraction of sp³-hybridized carbons (Fsp3) is 0.600. The Bertz CT molecular complexity index is 451. The maximum absolute atomic E-state index is 12.1. The topological polar surface area (TPSA) is 57.6 Å². The van der Waals surface area contributed by atoms with Crippen LogP contribution in [0.3, 0.4) is 0 Å². The van der Waals surface area contributed by atoms with Gasteiger partial charge in [-0.3, -0.25) is 0 Å². The number of sulfonamides is 1. The van der Waals surface area contributed by atoms with Gasteiger partial charge >= 0.3 is 0 Å². The minimum Gasteiger partial charge on any atom is -0.391 e. The lowest BCUT2D eigenvalue weighted by Gasteiger charge is -2.15. The quantitative estimate of drug-likeness (QED) is 0.877. The van der Waals surface area contributed by atoms with Gasteiger partial charge in [0.05, 0.1) is 11.5 Å². The highest BCUT2D eigenvalue weighted by atomic mass is 32.2. The zero-order chi connectivity index (χ0) is 12.3. The molecule has 0 aliphatic carbocycles. The molecule has 0 fully saturated rings. The first kappa shape index (κ1) is 13.6. The van der Waals surface area contributed by atoms with Crippen molar-refractivity contribution in [1.29, 1.82) is 0 Å². The van der Waals surface area contributed by atoms with Gasteiger partial charge in [-0.15, -0.1) is 11.3 Å². The first-order valence-corrected chi connectivity index (χ1v) is 7.35. The molecule has 1 heterocycles. The van der Waals surface area contributed by atoms with Gasteiger partial charge in [-0.2, -0.15) is 0 Å². The Balaban J connectivity index is 3.11. The summed E-state index contributed by atoms with van der Waals surface area (Å²) in [5.74, 6) is 0. The maximum Gasteiger partial charge on any atom is 0.243 e. The van der Waals surface area contributed by atoms with E-state index in [9.17, 15) is 8.42 Å². The van der Waals surface area contributed by atoms with Crippen molar-refractivity contribution in [1.82, 2.24) is 4.31 Å². The van der Waals surface area contributed by atoms with Gasteiger partial charge in [-0.05, 0) is 19.4 Å². The van der Waals surface area contributed by atoms with Gasteiger partial charge in [0.25, 0.3) is 0 Å². The minimum atomic E-state index is -3.39. The molecule has 0 bridgehead atoms. The van der Waals surface area contributed by atoms with E-state index in [4.69, 9.17) is 5.11 Å². The second-order valence-corrected chi connectivity index (χ2v) is 6.97. The van der Waals surface area contributed by atoms with Crippen LogP contribution >= 0.6 is 11.3 Å². The fourth-order valence-electron chi connectivity index (χ4n) is 1.46. The lowest BCUT2D eigenvalue weighted by Crippen LogP contribution is -2.27. The van der Waals surface area contributed by atoms with E-state index in [-0.39, 0.29) is 6.61 Å². The van der Waals surface area contributed by atoms with Crippen molar-refractivity contribution in [2.24, 2.45) is 0 Å². The van der Waals surface area contributed by atoms with Gasteiger partial charge in [-0.25, -0.2) is 12.7 Å². The summed E-state index contributed by atoms with van der Waals surface area (Å²) in [5.41, 5.74) is 0. The Labute approximate surface area is 101 Å². The highest BCUT2D eigenvalue weighted by Gasteiger charge is 2.24. The van der Waals surface area contributed by atoms with Crippen molar-refractivity contribution in [2.75, 3.05) is 13.6 Å². The van der Waals surface area contributed by atoms with Crippen molar-refractivity contribution < 1.29 is 13.5 Å². The first-order chi connectivity index (χ1) is 7.43. The van der Waals surface area contributed by atoms with Crippen molar-refractivity contribution in [3.8, 4) is 0 Å². The van der Waals surface area contributed by atoms with Crippen LogP contribution in [0.5, 0.6) is 0 Å². The van der Waals surface area contributed by atoms with E-state index >= 15 is 0 Å². The van der Waals surface area contributed by atoms with Gasteiger partial charge in [0.1, 0.15) is 0 Å². The fourth-order valence-corrected chi connectivity index (χ4v) is 4.18. The Morgan fingerprint density at radius 2 is 2.12 bits per heavy atom. The van der Waals surface area contributed by atoms with Crippen LogP contribution in [0.25, 0.3) is 0 Å². The number of aliphatic hydroxyl groups is 1. The number of thiophene rings is 1. The van der Waals surface area contributed by atoms with Crippen LogP contribution < -0.4 is 0 Å². The largest absolute Gasteiger partial charge is 0.391 e. The number of aryl methyl sites for hydroxylation is 1. The van der Waals surface area contributed by atoms with Crippen LogP contribution in [0, 0.1) is 6.92 Å². The van der Waals surface area contributed by atoms with E-state index in [2.05, 4.69) is 0 Å². The molecule has 0 spiro atoms. The lowest BCUT2D eigenvalue weighted by molar-refractivity contribution is 0.285. The van der Waals surface area contributed by atoms with Crippen molar-refractivity contribution in [3.63, 3.8) is 0 Å². The summed E-state index contributed by atoms with van der Waals surface area (Å²) in [4.78, 5) is 1.73. The zero-order valence-corrected chi connectivity index (χ0v) is 11.4. The second kappa shape index (κ2) is 5.27. The summed E-state index contributed by atoms with van der Waals surface area (Å²) in [7, 11) is -1.81. The molecule has 1 N–H and O–H groups in total. The molecule has 0 saturated heterocycles. The predicted molar refractivity (Wildman–Crippen MR) is 65.1 cm³/mol. The van der Waals surface area contributed by atoms with E-state index in [0.717, 1.165) is 11.3 Å². The summed E-state index contributed by atoms with van der Waals surface area (Å²) in [5, 5.41) is 8.99. The Kier molecular flexibility index (Phi) is 4.49. The van der Waals surface area contributed by atoms with Crippen LogP contribution in [0.2, 0.25) is 0 Å². The molecule has 4 nitrogen and oxygen atoms in total. The standard InChI is InChI=1S/C10H17NO3S2/c1-4-5-11(3)16(13,14)10-6-9(7-12)15-8(10)2/h6,12H,4-5,7H2,1-3H3. The molecule has 16 heavy (non-hydrogen) atoms. The van der Waals surface area contributed by atoms with E-state index < -0.39 is 10.0 Å². The van der Waals surface area contributed by atoms with Gasteiger partial charge in [-0.1, -0.05) is 6.92 Å². The molecule has 0 amide bonds. The van der Waals surface area contributed by atoms with E-state index in [1.165, 1.54) is 15.6 Å². The summed E-state index contributed by atoms with van der Waals surface area (Å²) < 4.78 is 25.6. The molecule has 1 aromatic rings. The second-order valence-electron chi connectivity index (χ2n) is 3.62. The minimum absolute atomic E-state index is 0.113. The smallest absolute Gasteiger partial charge is 0.243 e. The summed E-state index contributed by atoms with van der Waals surface area (Å²) >= 11 is 1.32. The SMILES string of the molecule is CCCN(C)S(=O)(=O)c1cc(CO)sc1C. The van der Waals surface area contributed by atoms with E-state index in [1.807, 2.05) is 6.92 Å². The van der Waals surface area contributed by atoms with Gasteiger partial charge in [0, 0.05) is 23.3 Å². The Morgan fingerprint density at radius 1 is 1.50 bits per heavy atom. The van der Waals surface area contributed by atoms with Crippen molar-refractivity contribution in [2.45, 2.75) is 31.8 Å². The molecule has 6 heteroatoms. The molecule has 1 aromatic heterocycles. The van der Waals surface area contributed by atoms with Gasteiger partial charge in [0.2, 0.25) is 10.0 Å². The van der Waals surface area contributed by atoms with Crippen LogP contribution in [0.15, 0.2) is 11.0 Å². The van der Waals surface area contributed by atoms with Crippen LogP contribution in [0.4, 0.5) is 0 Å². The lowest BCUT2D eigenvalue weighted by atomic mass is 10.4. The normalized spacial score (nSPS) is 12.3. The van der Waals surface area contributed by atoms with Crippen molar-refractivity contribution >= 4 is 21.4 Å². The van der Waals surface area contributed by atoms with E-state index in [1.54, 1.807) is 20.0 Å². The molecule has 0 saturated carbocycles. The highest BCUT2D eigenvalue weighted by molar-refractivity contribution is 7.89. The molecule has 0 unspecified atom stereocenters. The van der Waals surface area contributed by atoms with Crippen LogP contribution in [-0.4, -0.2) is 31.4 Å². The third-order valence-electron chi connectivity index (χ3n) is 2.31. The first-order valence-electron chi connectivity index (χ1n) is 5.10. The van der Waals surface area contributed by atoms with Crippen LogP contribution in [-0.2, 0) is 16.6 Å². The summed E-state index contributed by atoms with van der Waals surface area (Å²) in [6.45, 7) is 4.09. The number of hydrogen-bond donors (Lipinski definition) is 1. The molecular formula is C10H17NO3S2. The van der Waals surface area contributed by atoms with E-state index in [0.29, 0.717) is 16.3 Å². The average molecular weight is 263 g/mol. The number of nitrogens with zero attached hydrogens (tertiary/aromatic N) is 1. The number of aliphatic hydroxyl groups excluding tert-OH is 1. The zero-order valence-electron chi connectivity index (χ0n) is 9.73. The maximum atomic E-state index is 12.1. The third-order valence-corrected chi connectivity index (χ3v) is 5.45. The Hall–Kier alpha value is -0.430. The molecule has 0 aliphatic rings. The van der Waals surface area contributed by atoms with Gasteiger partial charge < -0.3 is 5.11 Å².